The molecule has 0 radical (unpaired) electrons. The van der Waals surface area contributed by atoms with Gasteiger partial charge in [-0.2, -0.15) is 5.10 Å². The molecule has 0 aliphatic heterocycles. The molecule has 1 aliphatic rings. The number of hydrogen-bond acceptors (Lipinski definition) is 5. The van der Waals surface area contributed by atoms with Crippen molar-refractivity contribution in [3.05, 3.63) is 53.5 Å². The van der Waals surface area contributed by atoms with Crippen LogP contribution in [0.1, 0.15) is 40.7 Å². The van der Waals surface area contributed by atoms with Gasteiger partial charge in [0, 0.05) is 23.7 Å². The number of carbonyl (C=O) groups excluding carboxylic acids is 1. The van der Waals surface area contributed by atoms with Crippen molar-refractivity contribution < 1.29 is 14.1 Å². The van der Waals surface area contributed by atoms with Gasteiger partial charge in [0.2, 0.25) is 0 Å². The molecule has 1 aromatic carbocycles. The molecular weight excluding hydrogens is 320 g/mol. The lowest BCUT2D eigenvalue weighted by atomic mass is 10.2. The third kappa shape index (κ3) is 3.13. The van der Waals surface area contributed by atoms with E-state index in [1.54, 1.807) is 20.1 Å². The number of methoxy groups -OCH3 is 1. The van der Waals surface area contributed by atoms with Gasteiger partial charge < -0.3 is 14.6 Å². The van der Waals surface area contributed by atoms with Gasteiger partial charge in [0.15, 0.2) is 11.5 Å². The highest BCUT2D eigenvalue weighted by Gasteiger charge is 2.30. The molecule has 1 amide bonds. The summed E-state index contributed by atoms with van der Waals surface area (Å²) >= 11 is 0. The van der Waals surface area contributed by atoms with Gasteiger partial charge in [-0.05, 0) is 38.0 Å². The van der Waals surface area contributed by atoms with Crippen molar-refractivity contribution in [1.82, 2.24) is 14.9 Å². The van der Waals surface area contributed by atoms with Crippen LogP contribution in [0.25, 0.3) is 5.69 Å². The maximum Gasteiger partial charge on any atom is 0.277 e. The molecule has 3 aromatic rings. The zero-order chi connectivity index (χ0) is 17.4. The van der Waals surface area contributed by atoms with Crippen molar-refractivity contribution in [2.24, 2.45) is 0 Å². The first-order chi connectivity index (χ1) is 12.1. The van der Waals surface area contributed by atoms with E-state index in [-0.39, 0.29) is 5.91 Å². The molecule has 1 fully saturated rings. The summed E-state index contributed by atoms with van der Waals surface area (Å²) in [6.07, 6.45) is 2.22. The summed E-state index contributed by atoms with van der Waals surface area (Å²) < 4.78 is 12.1. The van der Waals surface area contributed by atoms with Crippen molar-refractivity contribution in [1.29, 1.82) is 0 Å². The van der Waals surface area contributed by atoms with Gasteiger partial charge >= 0.3 is 0 Å². The molecule has 2 aromatic heterocycles. The number of anilines is 1. The Balaban J connectivity index is 1.66. The lowest BCUT2D eigenvalue weighted by Crippen LogP contribution is -2.13. The molecule has 7 nitrogen and oxygen atoms in total. The Morgan fingerprint density at radius 2 is 2.16 bits per heavy atom. The highest BCUT2D eigenvalue weighted by Crippen LogP contribution is 2.41. The van der Waals surface area contributed by atoms with Gasteiger partial charge in [0.05, 0.1) is 12.8 Å². The number of ether oxygens (including phenoxy) is 1. The molecule has 0 spiro atoms. The van der Waals surface area contributed by atoms with Gasteiger partial charge in [0.1, 0.15) is 11.5 Å². The molecule has 128 valence electrons. The Morgan fingerprint density at radius 1 is 1.32 bits per heavy atom. The van der Waals surface area contributed by atoms with Crippen LogP contribution >= 0.6 is 0 Å². The quantitative estimate of drug-likeness (QED) is 0.772. The predicted octanol–water partition coefficient (Wildman–Crippen LogP) is 3.31. The van der Waals surface area contributed by atoms with E-state index in [1.807, 2.05) is 35.0 Å². The number of carbonyl (C=O) groups is 1. The Morgan fingerprint density at radius 3 is 2.84 bits per heavy atom. The molecule has 7 heteroatoms. The molecule has 0 bridgehead atoms. The zero-order valence-corrected chi connectivity index (χ0v) is 14.0. The molecule has 25 heavy (non-hydrogen) atoms. The normalized spacial score (nSPS) is 13.7. The van der Waals surface area contributed by atoms with E-state index in [9.17, 15) is 4.79 Å². The number of hydrogen-bond donors (Lipinski definition) is 1. The van der Waals surface area contributed by atoms with Crippen molar-refractivity contribution in [3.8, 4) is 11.4 Å². The molecule has 2 heterocycles. The van der Waals surface area contributed by atoms with Crippen LogP contribution < -0.4 is 10.1 Å². The van der Waals surface area contributed by atoms with Gasteiger partial charge in [-0.25, -0.2) is 4.68 Å². The largest absolute Gasteiger partial charge is 0.497 e. The molecule has 1 N–H and O–H groups in total. The maximum atomic E-state index is 12.5. The number of nitrogens with one attached hydrogen (secondary N) is 1. The summed E-state index contributed by atoms with van der Waals surface area (Å²) in [5.41, 5.74) is 2.26. The average molecular weight is 338 g/mol. The minimum atomic E-state index is -0.308. The van der Waals surface area contributed by atoms with Gasteiger partial charge in [0.25, 0.3) is 5.91 Å². The van der Waals surface area contributed by atoms with Crippen LogP contribution in [0, 0.1) is 6.92 Å². The lowest BCUT2D eigenvalue weighted by molar-refractivity contribution is 0.102. The Kier molecular flexibility index (Phi) is 3.76. The van der Waals surface area contributed by atoms with Crippen LogP contribution in [0.15, 0.2) is 40.9 Å². The fourth-order valence-electron chi connectivity index (χ4n) is 2.73. The Bertz CT molecular complexity index is 924. The second kappa shape index (κ2) is 6.08. The van der Waals surface area contributed by atoms with Crippen LogP contribution in [0.3, 0.4) is 0 Å². The van der Waals surface area contributed by atoms with Gasteiger partial charge in [-0.1, -0.05) is 11.2 Å². The monoisotopic (exact) mass is 338 g/mol. The summed E-state index contributed by atoms with van der Waals surface area (Å²) in [6, 6.07) is 11.2. The van der Waals surface area contributed by atoms with Crippen LogP contribution in [-0.4, -0.2) is 28.0 Å². The van der Waals surface area contributed by atoms with E-state index in [1.165, 1.54) is 0 Å². The van der Waals surface area contributed by atoms with E-state index >= 15 is 0 Å². The third-order valence-electron chi connectivity index (χ3n) is 4.13. The Hall–Kier alpha value is -3.09. The second-order valence-electron chi connectivity index (χ2n) is 6.12. The summed E-state index contributed by atoms with van der Waals surface area (Å²) in [5.74, 6) is 1.90. The molecular formula is C18H18N4O3. The fourth-order valence-corrected chi connectivity index (χ4v) is 2.73. The smallest absolute Gasteiger partial charge is 0.277 e. The summed E-state index contributed by atoms with van der Waals surface area (Å²) in [6.45, 7) is 1.77. The number of amides is 1. The number of rotatable bonds is 5. The first-order valence-electron chi connectivity index (χ1n) is 8.13. The van der Waals surface area contributed by atoms with Crippen LogP contribution in [-0.2, 0) is 0 Å². The third-order valence-corrected chi connectivity index (χ3v) is 4.13. The SMILES string of the molecule is COc1cccc(-n2nc(C(=O)Nc3cc(C)on3)cc2C2CC2)c1. The highest BCUT2D eigenvalue weighted by molar-refractivity contribution is 6.02. The van der Waals surface area contributed by atoms with E-state index < -0.39 is 0 Å². The second-order valence-corrected chi connectivity index (χ2v) is 6.12. The lowest BCUT2D eigenvalue weighted by Gasteiger charge is -2.08. The molecule has 0 saturated heterocycles. The van der Waals surface area contributed by atoms with Crippen molar-refractivity contribution in [2.75, 3.05) is 12.4 Å². The number of nitrogens with zero attached hydrogens (tertiary/aromatic N) is 3. The van der Waals surface area contributed by atoms with Crippen LogP contribution in [0.4, 0.5) is 5.82 Å². The minimum absolute atomic E-state index is 0.308. The van der Waals surface area contributed by atoms with Crippen molar-refractivity contribution in [3.63, 3.8) is 0 Å². The van der Waals surface area contributed by atoms with E-state index in [0.29, 0.717) is 23.2 Å². The first-order valence-corrected chi connectivity index (χ1v) is 8.13. The summed E-state index contributed by atoms with van der Waals surface area (Å²) in [4.78, 5) is 12.5. The standard InChI is InChI=1S/C18H18N4O3/c1-11-8-17(21-25-11)19-18(23)15-10-16(12-6-7-12)22(20-15)13-4-3-5-14(9-13)24-2/h3-5,8-10,12H,6-7H2,1-2H3,(H,19,21,23). The number of aryl methyl sites for hydroxylation is 1. The predicted molar refractivity (Wildman–Crippen MR) is 91.3 cm³/mol. The average Bonchev–Trinajstić information content (AvgIpc) is 3.24. The maximum absolute atomic E-state index is 12.5. The van der Waals surface area contributed by atoms with Gasteiger partial charge in [-0.15, -0.1) is 0 Å². The van der Waals surface area contributed by atoms with E-state index in [4.69, 9.17) is 9.26 Å². The molecule has 0 unspecified atom stereocenters. The summed E-state index contributed by atoms with van der Waals surface area (Å²) in [7, 11) is 1.63. The topological polar surface area (TPSA) is 82.2 Å². The number of aromatic nitrogens is 3. The molecule has 4 rings (SSSR count). The fraction of sp³-hybridized carbons (Fsp3) is 0.278. The van der Waals surface area contributed by atoms with Gasteiger partial charge in [-0.3, -0.25) is 4.79 Å². The van der Waals surface area contributed by atoms with Crippen LogP contribution in [0.5, 0.6) is 5.75 Å². The minimum Gasteiger partial charge on any atom is -0.497 e. The zero-order valence-electron chi connectivity index (χ0n) is 14.0. The Labute approximate surface area is 144 Å². The van der Waals surface area contributed by atoms with Crippen molar-refractivity contribution >= 4 is 11.7 Å². The number of benzene rings is 1. The van der Waals surface area contributed by atoms with E-state index in [0.717, 1.165) is 30.0 Å². The van der Waals surface area contributed by atoms with Crippen molar-refractivity contribution in [2.45, 2.75) is 25.7 Å². The van der Waals surface area contributed by atoms with Crippen LogP contribution in [0.2, 0.25) is 0 Å². The molecule has 1 saturated carbocycles. The summed E-state index contributed by atoms with van der Waals surface area (Å²) in [5, 5.41) is 11.0. The highest BCUT2D eigenvalue weighted by atomic mass is 16.5. The molecule has 1 aliphatic carbocycles. The first kappa shape index (κ1) is 15.4. The van der Waals surface area contributed by atoms with E-state index in [2.05, 4.69) is 15.6 Å². The molecule has 0 atom stereocenters.